The summed E-state index contributed by atoms with van der Waals surface area (Å²) in [6, 6.07) is 16.4. The Morgan fingerprint density at radius 1 is 1.16 bits per heavy atom. The van der Waals surface area contributed by atoms with Crippen LogP contribution >= 0.6 is 24.0 Å². The lowest BCUT2D eigenvalue weighted by Gasteiger charge is -2.32. The molecule has 0 spiro atoms. The number of rotatable bonds is 8. The molecule has 1 aliphatic rings. The normalized spacial score (nSPS) is 14.5. The Labute approximate surface area is 233 Å². The molecule has 0 radical (unpaired) electrons. The average molecular weight is 553 g/mol. The maximum atomic E-state index is 11.8. The lowest BCUT2D eigenvalue weighted by atomic mass is 10.0. The molecule has 38 heavy (non-hydrogen) atoms. The zero-order valence-corrected chi connectivity index (χ0v) is 22.4. The van der Waals surface area contributed by atoms with Gasteiger partial charge in [-0.25, -0.2) is 9.97 Å². The number of nitrogens with two attached hydrogens (primary N) is 1. The van der Waals surface area contributed by atoms with Crippen molar-refractivity contribution in [2.24, 2.45) is 5.73 Å². The van der Waals surface area contributed by atoms with Gasteiger partial charge in [0.15, 0.2) is 0 Å². The van der Waals surface area contributed by atoms with E-state index in [2.05, 4.69) is 43.7 Å². The van der Waals surface area contributed by atoms with Gasteiger partial charge in [0.2, 0.25) is 11.9 Å². The van der Waals surface area contributed by atoms with Gasteiger partial charge in [0.25, 0.3) is 0 Å². The summed E-state index contributed by atoms with van der Waals surface area (Å²) >= 11 is 6.48. The predicted octanol–water partition coefficient (Wildman–Crippen LogP) is 5.23. The molecular weight excluding hydrogens is 521 g/mol. The standard InChI is InChI=1S/C28H30ClN7O.ClH/c29-24-17-32-28(35-27(24)23-16-31-25-5-2-1-4-22(23)25)34-21-11-14-36(15-12-21)18-19-7-9-20(10-8-19)33-26(37)6-3-13-30;/h1-10,16-17,21,31H,11-15,18,30H2,(H,33,37)(H,32,34,35);1H/b6-3+;. The summed E-state index contributed by atoms with van der Waals surface area (Å²) in [6.07, 6.45) is 8.69. The summed E-state index contributed by atoms with van der Waals surface area (Å²) in [5.74, 6) is 0.424. The van der Waals surface area contributed by atoms with E-state index in [1.165, 1.54) is 11.6 Å². The number of H-pyrrole nitrogens is 1. The molecule has 0 atom stereocenters. The van der Waals surface area contributed by atoms with E-state index in [9.17, 15) is 4.79 Å². The number of fused-ring (bicyclic) bond motifs is 1. The molecule has 0 aliphatic carbocycles. The van der Waals surface area contributed by atoms with E-state index in [-0.39, 0.29) is 18.3 Å². The number of para-hydroxylation sites is 1. The largest absolute Gasteiger partial charge is 0.360 e. The smallest absolute Gasteiger partial charge is 0.248 e. The first-order valence-electron chi connectivity index (χ1n) is 12.4. The minimum atomic E-state index is -0.175. The Morgan fingerprint density at radius 3 is 2.68 bits per heavy atom. The molecule has 5 N–H and O–H groups in total. The Bertz CT molecular complexity index is 1400. The Hall–Kier alpha value is -3.43. The van der Waals surface area contributed by atoms with Crippen LogP contribution < -0.4 is 16.4 Å². The number of carbonyl (C=O) groups excluding carboxylic acids is 1. The van der Waals surface area contributed by atoms with Crippen LogP contribution in [0.25, 0.3) is 22.2 Å². The molecule has 0 unspecified atom stereocenters. The number of aromatic nitrogens is 3. The summed E-state index contributed by atoms with van der Waals surface area (Å²) in [6.45, 7) is 3.17. The van der Waals surface area contributed by atoms with Crippen LogP contribution in [0.2, 0.25) is 5.02 Å². The van der Waals surface area contributed by atoms with E-state index < -0.39 is 0 Å². The monoisotopic (exact) mass is 551 g/mol. The van der Waals surface area contributed by atoms with Crippen LogP contribution in [0.15, 0.2) is 73.1 Å². The highest BCUT2D eigenvalue weighted by Crippen LogP contribution is 2.32. The second-order valence-electron chi connectivity index (χ2n) is 9.16. The molecule has 3 heterocycles. The quantitative estimate of drug-likeness (QED) is 0.223. The number of hydrogen-bond donors (Lipinski definition) is 4. The van der Waals surface area contributed by atoms with Crippen molar-refractivity contribution < 1.29 is 4.79 Å². The molecule has 0 bridgehead atoms. The van der Waals surface area contributed by atoms with Crippen molar-refractivity contribution in [3.8, 4) is 11.3 Å². The van der Waals surface area contributed by atoms with Crippen molar-refractivity contribution in [3.63, 3.8) is 0 Å². The lowest BCUT2D eigenvalue weighted by molar-refractivity contribution is -0.111. The number of amides is 1. The predicted molar refractivity (Wildman–Crippen MR) is 157 cm³/mol. The van der Waals surface area contributed by atoms with Gasteiger partial charge in [-0.2, -0.15) is 0 Å². The van der Waals surface area contributed by atoms with Crippen LogP contribution in [0, 0.1) is 0 Å². The Kier molecular flexibility index (Phi) is 9.36. The number of halogens is 2. The number of nitrogens with one attached hydrogen (secondary N) is 3. The minimum Gasteiger partial charge on any atom is -0.360 e. The van der Waals surface area contributed by atoms with Crippen LogP contribution in [-0.4, -0.2) is 51.4 Å². The van der Waals surface area contributed by atoms with Crippen molar-refractivity contribution in [1.82, 2.24) is 19.9 Å². The van der Waals surface area contributed by atoms with Crippen molar-refractivity contribution in [1.29, 1.82) is 0 Å². The van der Waals surface area contributed by atoms with E-state index in [0.29, 0.717) is 23.6 Å². The topological polar surface area (TPSA) is 112 Å². The molecule has 2 aromatic carbocycles. The summed E-state index contributed by atoms with van der Waals surface area (Å²) < 4.78 is 0. The average Bonchev–Trinajstić information content (AvgIpc) is 3.35. The Balaban J connectivity index is 0.00000336. The number of aromatic amines is 1. The van der Waals surface area contributed by atoms with Gasteiger partial charge in [-0.3, -0.25) is 9.69 Å². The van der Waals surface area contributed by atoms with E-state index >= 15 is 0 Å². The fourth-order valence-corrected chi connectivity index (χ4v) is 4.81. The summed E-state index contributed by atoms with van der Waals surface area (Å²) in [5.41, 5.74) is 10.1. The van der Waals surface area contributed by atoms with Gasteiger partial charge >= 0.3 is 0 Å². The molecule has 2 aromatic heterocycles. The fraction of sp³-hybridized carbons (Fsp3) is 0.250. The van der Waals surface area contributed by atoms with Gasteiger partial charge in [-0.15, -0.1) is 12.4 Å². The van der Waals surface area contributed by atoms with Crippen molar-refractivity contribution in [3.05, 3.63) is 83.7 Å². The van der Waals surface area contributed by atoms with Gasteiger partial charge in [0.1, 0.15) is 0 Å². The van der Waals surface area contributed by atoms with Crippen molar-refractivity contribution in [2.75, 3.05) is 30.3 Å². The number of likely N-dealkylation sites (tertiary alicyclic amines) is 1. The molecule has 198 valence electrons. The number of anilines is 2. The van der Waals surface area contributed by atoms with Crippen molar-refractivity contribution in [2.45, 2.75) is 25.4 Å². The van der Waals surface area contributed by atoms with Gasteiger partial charge in [0.05, 0.1) is 16.9 Å². The molecule has 4 aromatic rings. The second kappa shape index (κ2) is 12.9. The van der Waals surface area contributed by atoms with E-state index in [1.54, 1.807) is 12.3 Å². The molecule has 5 rings (SSSR count). The first-order valence-corrected chi connectivity index (χ1v) is 12.8. The van der Waals surface area contributed by atoms with Crippen LogP contribution in [0.4, 0.5) is 11.6 Å². The van der Waals surface area contributed by atoms with Gasteiger partial charge < -0.3 is 21.4 Å². The summed E-state index contributed by atoms with van der Waals surface area (Å²) in [7, 11) is 0. The molecular formula is C28H31Cl2N7O. The molecule has 1 amide bonds. The van der Waals surface area contributed by atoms with E-state index in [4.69, 9.17) is 22.3 Å². The fourth-order valence-electron chi connectivity index (χ4n) is 4.62. The van der Waals surface area contributed by atoms with E-state index in [1.807, 2.05) is 36.5 Å². The number of carbonyl (C=O) groups is 1. The minimum absolute atomic E-state index is 0. The highest BCUT2D eigenvalue weighted by atomic mass is 35.5. The first-order chi connectivity index (χ1) is 18.1. The van der Waals surface area contributed by atoms with Crippen molar-refractivity contribution >= 4 is 52.5 Å². The number of nitrogens with zero attached hydrogens (tertiary/aromatic N) is 3. The van der Waals surface area contributed by atoms with Gasteiger partial charge in [-0.05, 0) is 36.6 Å². The summed E-state index contributed by atoms with van der Waals surface area (Å²) in [4.78, 5) is 26.7. The van der Waals surface area contributed by atoms with Gasteiger partial charge in [0, 0.05) is 66.6 Å². The van der Waals surface area contributed by atoms with Crippen LogP contribution in [0.1, 0.15) is 18.4 Å². The SMILES string of the molecule is Cl.NC/C=C/C(=O)Nc1ccc(CN2CCC(Nc3ncc(Cl)c(-c4c[nH]c5ccccc45)n3)CC2)cc1. The zero-order chi connectivity index (χ0) is 25.6. The van der Waals surface area contributed by atoms with E-state index in [0.717, 1.165) is 60.3 Å². The molecule has 10 heteroatoms. The highest BCUT2D eigenvalue weighted by Gasteiger charge is 2.21. The third-order valence-corrected chi connectivity index (χ3v) is 6.82. The highest BCUT2D eigenvalue weighted by molar-refractivity contribution is 6.33. The molecule has 1 fully saturated rings. The van der Waals surface area contributed by atoms with Crippen LogP contribution in [0.3, 0.4) is 0 Å². The zero-order valence-electron chi connectivity index (χ0n) is 20.9. The second-order valence-corrected chi connectivity index (χ2v) is 9.56. The molecule has 8 nitrogen and oxygen atoms in total. The number of piperidine rings is 1. The third kappa shape index (κ3) is 6.71. The summed E-state index contributed by atoms with van der Waals surface area (Å²) in [5, 5.41) is 7.96. The first kappa shape index (κ1) is 27.6. The van der Waals surface area contributed by atoms with Crippen LogP contribution in [0.5, 0.6) is 0 Å². The third-order valence-electron chi connectivity index (χ3n) is 6.54. The maximum Gasteiger partial charge on any atom is 0.248 e. The maximum absolute atomic E-state index is 11.8. The Morgan fingerprint density at radius 2 is 1.92 bits per heavy atom. The molecule has 1 aliphatic heterocycles. The lowest BCUT2D eigenvalue weighted by Crippen LogP contribution is -2.39. The number of benzene rings is 2. The molecule has 0 saturated carbocycles. The number of hydrogen-bond acceptors (Lipinski definition) is 6. The van der Waals surface area contributed by atoms with Gasteiger partial charge in [-0.1, -0.05) is 48.0 Å². The van der Waals surface area contributed by atoms with Crippen LogP contribution in [-0.2, 0) is 11.3 Å². The molecule has 1 saturated heterocycles.